The van der Waals surface area contributed by atoms with Crippen molar-refractivity contribution >= 4 is 24.4 Å². The third-order valence-corrected chi connectivity index (χ3v) is 4.01. The fourth-order valence-electron chi connectivity index (χ4n) is 1.74. The van der Waals surface area contributed by atoms with Crippen LogP contribution in [0.15, 0.2) is 28.0 Å². The Morgan fingerprint density at radius 1 is 1.38 bits per heavy atom. The molecule has 13 heavy (non-hydrogen) atoms. The first kappa shape index (κ1) is 9.47. The minimum atomic E-state index is 0.349. The largest absolute Gasteiger partial charge is 0.143 e. The molecule has 0 amide bonds. The van der Waals surface area contributed by atoms with E-state index in [1.54, 1.807) is 0 Å². The molecule has 1 aromatic rings. The molecule has 0 N–H and O–H groups in total. The molecule has 0 spiro atoms. The number of hydrogen-bond acceptors (Lipinski definition) is 2. The van der Waals surface area contributed by atoms with Gasteiger partial charge in [-0.05, 0) is 35.3 Å². The Hall–Kier alpha value is -0.0800. The summed E-state index contributed by atoms with van der Waals surface area (Å²) >= 11 is 6.32. The van der Waals surface area contributed by atoms with Crippen LogP contribution in [0.25, 0.3) is 0 Å². The van der Waals surface area contributed by atoms with E-state index in [2.05, 4.69) is 44.7 Å². The molecule has 70 valence electrons. The maximum Gasteiger partial charge on any atom is 0.0120 e. The van der Waals surface area contributed by atoms with E-state index in [1.165, 1.54) is 22.6 Å². The summed E-state index contributed by atoms with van der Waals surface area (Å²) in [6.45, 7) is 4.65. The van der Waals surface area contributed by atoms with Gasteiger partial charge in [0.1, 0.15) is 0 Å². The molecule has 0 aliphatic carbocycles. The summed E-state index contributed by atoms with van der Waals surface area (Å²) in [6, 6.07) is 6.50. The van der Waals surface area contributed by atoms with Gasteiger partial charge in [0.2, 0.25) is 0 Å². The van der Waals surface area contributed by atoms with E-state index in [9.17, 15) is 0 Å². The Bertz CT molecular complexity index is 329. The van der Waals surface area contributed by atoms with Gasteiger partial charge in [-0.2, -0.15) is 0 Å². The Morgan fingerprint density at radius 2 is 2.15 bits per heavy atom. The summed E-state index contributed by atoms with van der Waals surface area (Å²) < 4.78 is 0. The number of rotatable bonds is 0. The van der Waals surface area contributed by atoms with Crippen molar-refractivity contribution in [1.82, 2.24) is 0 Å². The van der Waals surface area contributed by atoms with Crippen molar-refractivity contribution in [3.8, 4) is 0 Å². The lowest BCUT2D eigenvalue weighted by atomic mass is 9.82. The van der Waals surface area contributed by atoms with Gasteiger partial charge >= 0.3 is 0 Å². The predicted molar refractivity (Wildman–Crippen MR) is 62.1 cm³/mol. The van der Waals surface area contributed by atoms with E-state index in [0.29, 0.717) is 5.41 Å². The number of thioether (sulfide) groups is 1. The van der Waals surface area contributed by atoms with Crippen molar-refractivity contribution in [3.63, 3.8) is 0 Å². The molecule has 0 saturated heterocycles. The van der Waals surface area contributed by atoms with Crippen molar-refractivity contribution in [2.75, 3.05) is 5.75 Å². The molecule has 0 bridgehead atoms. The fourth-order valence-corrected chi connectivity index (χ4v) is 3.57. The van der Waals surface area contributed by atoms with Crippen LogP contribution in [0.3, 0.4) is 0 Å². The SMILES string of the molecule is CC1(C)CCSc2cc(S)ccc21. The molecular formula is C11H14S2. The molecule has 1 aliphatic rings. The summed E-state index contributed by atoms with van der Waals surface area (Å²) in [7, 11) is 0. The molecule has 0 radical (unpaired) electrons. The molecule has 0 aromatic heterocycles. The van der Waals surface area contributed by atoms with Crippen LogP contribution in [0.5, 0.6) is 0 Å². The molecule has 1 aliphatic heterocycles. The lowest BCUT2D eigenvalue weighted by molar-refractivity contribution is 0.493. The third-order valence-electron chi connectivity index (χ3n) is 2.68. The first-order valence-electron chi connectivity index (χ1n) is 4.56. The molecule has 1 heterocycles. The highest BCUT2D eigenvalue weighted by atomic mass is 32.2. The Kier molecular flexibility index (Phi) is 2.37. The fraction of sp³-hybridized carbons (Fsp3) is 0.455. The molecule has 0 saturated carbocycles. The standard InChI is InChI=1S/C11H14S2/c1-11(2)5-6-13-10-7-8(12)3-4-9(10)11/h3-4,7,12H,5-6H2,1-2H3. The highest BCUT2D eigenvalue weighted by Crippen LogP contribution is 2.41. The second-order valence-corrected chi connectivity index (χ2v) is 5.82. The van der Waals surface area contributed by atoms with Crippen LogP contribution in [0.1, 0.15) is 25.8 Å². The second kappa shape index (κ2) is 3.25. The molecule has 0 nitrogen and oxygen atoms in total. The average molecular weight is 210 g/mol. The summed E-state index contributed by atoms with van der Waals surface area (Å²) in [6.07, 6.45) is 1.27. The van der Waals surface area contributed by atoms with Gasteiger partial charge in [-0.3, -0.25) is 0 Å². The van der Waals surface area contributed by atoms with Gasteiger partial charge < -0.3 is 0 Å². The number of fused-ring (bicyclic) bond motifs is 1. The van der Waals surface area contributed by atoms with Gasteiger partial charge in [0.05, 0.1) is 0 Å². The quantitative estimate of drug-likeness (QED) is 0.636. The lowest BCUT2D eigenvalue weighted by Crippen LogP contribution is -2.22. The molecule has 0 fully saturated rings. The van der Waals surface area contributed by atoms with E-state index in [0.717, 1.165) is 4.90 Å². The maximum atomic E-state index is 4.36. The third kappa shape index (κ3) is 1.75. The topological polar surface area (TPSA) is 0 Å². The first-order chi connectivity index (χ1) is 6.09. The number of hydrogen-bond donors (Lipinski definition) is 1. The van der Waals surface area contributed by atoms with Gasteiger partial charge in [-0.25, -0.2) is 0 Å². The first-order valence-corrected chi connectivity index (χ1v) is 5.99. The monoisotopic (exact) mass is 210 g/mol. The molecule has 2 rings (SSSR count). The van der Waals surface area contributed by atoms with Crippen molar-refractivity contribution in [3.05, 3.63) is 23.8 Å². The average Bonchev–Trinajstić information content (AvgIpc) is 2.02. The predicted octanol–water partition coefficient (Wildman–Crippen LogP) is 3.75. The van der Waals surface area contributed by atoms with Gasteiger partial charge in [-0.15, -0.1) is 24.4 Å². The van der Waals surface area contributed by atoms with Crippen LogP contribution in [0.4, 0.5) is 0 Å². The van der Waals surface area contributed by atoms with Crippen LogP contribution >= 0.6 is 24.4 Å². The van der Waals surface area contributed by atoms with Gasteiger partial charge in [0, 0.05) is 9.79 Å². The van der Waals surface area contributed by atoms with E-state index >= 15 is 0 Å². The highest BCUT2D eigenvalue weighted by Gasteiger charge is 2.27. The van der Waals surface area contributed by atoms with Crippen molar-refractivity contribution in [2.24, 2.45) is 0 Å². The molecule has 0 unspecified atom stereocenters. The van der Waals surface area contributed by atoms with E-state index in [-0.39, 0.29) is 0 Å². The zero-order chi connectivity index (χ0) is 9.47. The van der Waals surface area contributed by atoms with E-state index in [4.69, 9.17) is 0 Å². The zero-order valence-corrected chi connectivity index (χ0v) is 9.71. The summed E-state index contributed by atoms with van der Waals surface area (Å²) in [5.74, 6) is 1.23. The summed E-state index contributed by atoms with van der Waals surface area (Å²) in [4.78, 5) is 2.49. The van der Waals surface area contributed by atoms with Crippen molar-refractivity contribution in [1.29, 1.82) is 0 Å². The van der Waals surface area contributed by atoms with Crippen LogP contribution < -0.4 is 0 Å². The minimum Gasteiger partial charge on any atom is -0.143 e. The molecule has 0 atom stereocenters. The van der Waals surface area contributed by atoms with Crippen molar-refractivity contribution in [2.45, 2.75) is 35.5 Å². The van der Waals surface area contributed by atoms with Crippen molar-refractivity contribution < 1.29 is 0 Å². The minimum absolute atomic E-state index is 0.349. The normalized spacial score (nSPS) is 19.6. The van der Waals surface area contributed by atoms with Crippen LogP contribution in [0, 0.1) is 0 Å². The van der Waals surface area contributed by atoms with Crippen LogP contribution in [0.2, 0.25) is 0 Å². The Balaban J connectivity index is 2.53. The molecule has 1 aromatic carbocycles. The lowest BCUT2D eigenvalue weighted by Gasteiger charge is -2.32. The van der Waals surface area contributed by atoms with Gasteiger partial charge in [-0.1, -0.05) is 19.9 Å². The van der Waals surface area contributed by atoms with E-state index < -0.39 is 0 Å². The molecular weight excluding hydrogens is 196 g/mol. The number of thiol groups is 1. The Morgan fingerprint density at radius 3 is 2.92 bits per heavy atom. The zero-order valence-electron chi connectivity index (χ0n) is 8.00. The summed E-state index contributed by atoms with van der Waals surface area (Å²) in [5.41, 5.74) is 1.84. The summed E-state index contributed by atoms with van der Waals surface area (Å²) in [5, 5.41) is 0. The second-order valence-electron chi connectivity index (χ2n) is 4.16. The van der Waals surface area contributed by atoms with Gasteiger partial charge in [0.15, 0.2) is 0 Å². The van der Waals surface area contributed by atoms with Crippen LogP contribution in [-0.2, 0) is 5.41 Å². The Labute approximate surface area is 89.5 Å². The smallest absolute Gasteiger partial charge is 0.0120 e. The highest BCUT2D eigenvalue weighted by molar-refractivity contribution is 7.99. The number of benzene rings is 1. The molecule has 2 heteroatoms. The van der Waals surface area contributed by atoms with E-state index in [1.807, 2.05) is 11.8 Å². The maximum absolute atomic E-state index is 4.36. The van der Waals surface area contributed by atoms with Gasteiger partial charge in [0.25, 0.3) is 0 Å². The van der Waals surface area contributed by atoms with Crippen LogP contribution in [-0.4, -0.2) is 5.75 Å².